The molecule has 0 aliphatic carbocycles. The second kappa shape index (κ2) is 7.91. The Kier molecular flexibility index (Phi) is 5.41. The van der Waals surface area contributed by atoms with Crippen molar-refractivity contribution in [1.29, 1.82) is 0 Å². The van der Waals surface area contributed by atoms with E-state index in [0.29, 0.717) is 36.5 Å². The molecule has 136 valence electrons. The molecule has 3 rings (SSSR count). The van der Waals surface area contributed by atoms with Crippen molar-refractivity contribution in [2.75, 3.05) is 24.7 Å². The highest BCUT2D eigenvalue weighted by Crippen LogP contribution is 2.26. The summed E-state index contributed by atoms with van der Waals surface area (Å²) in [6.07, 6.45) is 1.79. The Morgan fingerprint density at radius 3 is 2.69 bits per heavy atom. The third kappa shape index (κ3) is 3.96. The number of amides is 2. The molecule has 2 amide bonds. The predicted molar refractivity (Wildman–Crippen MR) is 101 cm³/mol. The molecule has 1 unspecified atom stereocenters. The van der Waals surface area contributed by atoms with Gasteiger partial charge in [-0.15, -0.1) is 0 Å². The van der Waals surface area contributed by atoms with E-state index in [1.807, 2.05) is 30.3 Å². The lowest BCUT2D eigenvalue weighted by Crippen LogP contribution is -2.43. The van der Waals surface area contributed by atoms with Crippen LogP contribution in [0.15, 0.2) is 48.5 Å². The number of rotatable bonds is 5. The van der Waals surface area contributed by atoms with E-state index in [4.69, 9.17) is 10.5 Å². The minimum Gasteiger partial charge on any atom is -0.495 e. The van der Waals surface area contributed by atoms with Crippen LogP contribution in [-0.2, 0) is 16.0 Å². The second-order valence-corrected chi connectivity index (χ2v) is 6.35. The summed E-state index contributed by atoms with van der Waals surface area (Å²) in [5.41, 5.74) is 7.88. The zero-order valence-corrected chi connectivity index (χ0v) is 14.8. The molecule has 1 fully saturated rings. The van der Waals surface area contributed by atoms with Crippen LogP contribution in [0.25, 0.3) is 0 Å². The highest BCUT2D eigenvalue weighted by Gasteiger charge is 2.33. The van der Waals surface area contributed by atoms with Gasteiger partial charge in [-0.3, -0.25) is 9.59 Å². The number of nitrogen functional groups attached to an aromatic ring is 1. The van der Waals surface area contributed by atoms with Gasteiger partial charge in [-0.1, -0.05) is 30.3 Å². The highest BCUT2D eigenvalue weighted by molar-refractivity contribution is 5.98. The maximum Gasteiger partial charge on any atom is 0.247 e. The first kappa shape index (κ1) is 17.8. The Hall–Kier alpha value is -3.02. The van der Waals surface area contributed by atoms with Crippen LogP contribution in [-0.4, -0.2) is 36.4 Å². The summed E-state index contributed by atoms with van der Waals surface area (Å²) in [4.78, 5) is 27.0. The van der Waals surface area contributed by atoms with E-state index >= 15 is 0 Å². The number of hydrogen-bond donors (Lipinski definition) is 2. The molecule has 6 heteroatoms. The van der Waals surface area contributed by atoms with Gasteiger partial charge in [0.05, 0.1) is 19.2 Å². The molecule has 1 heterocycles. The molecule has 2 aromatic rings. The van der Waals surface area contributed by atoms with Crippen molar-refractivity contribution >= 4 is 23.2 Å². The fraction of sp³-hybridized carbons (Fsp3) is 0.300. The first-order chi connectivity index (χ1) is 12.6. The number of nitrogens with zero attached hydrogens (tertiary/aromatic N) is 1. The van der Waals surface area contributed by atoms with Gasteiger partial charge in [0.15, 0.2) is 0 Å². The van der Waals surface area contributed by atoms with E-state index in [1.165, 1.54) is 0 Å². The van der Waals surface area contributed by atoms with Crippen LogP contribution in [0.1, 0.15) is 18.4 Å². The molecule has 1 saturated heterocycles. The van der Waals surface area contributed by atoms with E-state index in [0.717, 1.165) is 12.0 Å². The number of nitrogens with one attached hydrogen (secondary N) is 1. The maximum atomic E-state index is 12.7. The summed E-state index contributed by atoms with van der Waals surface area (Å²) in [7, 11) is 1.54. The van der Waals surface area contributed by atoms with Crippen molar-refractivity contribution in [2.45, 2.75) is 25.3 Å². The monoisotopic (exact) mass is 353 g/mol. The Bertz CT molecular complexity index is 792. The first-order valence-corrected chi connectivity index (χ1v) is 8.66. The molecule has 0 aromatic heterocycles. The molecule has 3 N–H and O–H groups in total. The SMILES string of the molecule is COc1ccc(NC(=O)C2CCCN2C(=O)Cc2ccccc2)cc1N. The topological polar surface area (TPSA) is 84.7 Å². The van der Waals surface area contributed by atoms with Crippen LogP contribution in [0.3, 0.4) is 0 Å². The van der Waals surface area contributed by atoms with Gasteiger partial charge in [0.2, 0.25) is 11.8 Å². The summed E-state index contributed by atoms with van der Waals surface area (Å²) < 4.78 is 5.12. The maximum absolute atomic E-state index is 12.7. The fourth-order valence-electron chi connectivity index (χ4n) is 3.25. The Morgan fingerprint density at radius 2 is 2.00 bits per heavy atom. The standard InChI is InChI=1S/C20H23N3O3/c1-26-18-10-9-15(13-16(18)21)22-20(25)17-8-5-11-23(17)19(24)12-14-6-3-2-4-7-14/h2-4,6-7,9-10,13,17H,5,8,11-12,21H2,1H3,(H,22,25). The summed E-state index contributed by atoms with van der Waals surface area (Å²) in [5, 5.41) is 2.86. The first-order valence-electron chi connectivity index (χ1n) is 8.66. The molecule has 1 atom stereocenters. The molecule has 6 nitrogen and oxygen atoms in total. The largest absolute Gasteiger partial charge is 0.495 e. The molecular weight excluding hydrogens is 330 g/mol. The highest BCUT2D eigenvalue weighted by atomic mass is 16.5. The number of ether oxygens (including phenoxy) is 1. The van der Waals surface area contributed by atoms with Gasteiger partial charge in [0.1, 0.15) is 11.8 Å². The Balaban J connectivity index is 1.66. The summed E-state index contributed by atoms with van der Waals surface area (Å²) in [6, 6.07) is 14.2. The number of carbonyl (C=O) groups excluding carboxylic acids is 2. The van der Waals surface area contributed by atoms with Crippen LogP contribution in [0, 0.1) is 0 Å². The fourth-order valence-corrected chi connectivity index (χ4v) is 3.25. The zero-order chi connectivity index (χ0) is 18.5. The van der Waals surface area contributed by atoms with Crippen molar-refractivity contribution in [1.82, 2.24) is 4.90 Å². The molecule has 2 aromatic carbocycles. The summed E-state index contributed by atoms with van der Waals surface area (Å²) >= 11 is 0. The number of benzene rings is 2. The van der Waals surface area contributed by atoms with E-state index in [1.54, 1.807) is 30.2 Å². The lowest BCUT2D eigenvalue weighted by Gasteiger charge is -2.24. The molecule has 1 aliphatic rings. The lowest BCUT2D eigenvalue weighted by atomic mass is 10.1. The number of carbonyl (C=O) groups is 2. The number of nitrogens with two attached hydrogens (primary N) is 1. The average Bonchev–Trinajstić information content (AvgIpc) is 3.13. The summed E-state index contributed by atoms with van der Waals surface area (Å²) in [5.74, 6) is 0.347. The molecular formula is C20H23N3O3. The van der Waals surface area contributed by atoms with Gasteiger partial charge >= 0.3 is 0 Å². The third-order valence-corrected chi connectivity index (χ3v) is 4.57. The van der Waals surface area contributed by atoms with E-state index in [2.05, 4.69) is 5.32 Å². The van der Waals surface area contributed by atoms with Crippen molar-refractivity contribution in [3.8, 4) is 5.75 Å². The van der Waals surface area contributed by atoms with Crippen LogP contribution < -0.4 is 15.8 Å². The minimum absolute atomic E-state index is 0.0249. The van der Waals surface area contributed by atoms with Crippen molar-refractivity contribution < 1.29 is 14.3 Å². The van der Waals surface area contributed by atoms with Gasteiger partial charge in [-0.2, -0.15) is 0 Å². The van der Waals surface area contributed by atoms with Gasteiger partial charge in [0.25, 0.3) is 0 Å². The molecule has 0 radical (unpaired) electrons. The van der Waals surface area contributed by atoms with E-state index < -0.39 is 6.04 Å². The predicted octanol–water partition coefficient (Wildman–Crippen LogP) is 2.45. The minimum atomic E-state index is -0.450. The third-order valence-electron chi connectivity index (χ3n) is 4.57. The lowest BCUT2D eigenvalue weighted by molar-refractivity contribution is -0.136. The van der Waals surface area contributed by atoms with Crippen LogP contribution in [0.5, 0.6) is 5.75 Å². The molecule has 1 aliphatic heterocycles. The van der Waals surface area contributed by atoms with Gasteiger partial charge in [0, 0.05) is 12.2 Å². The number of anilines is 2. The Morgan fingerprint density at radius 1 is 1.23 bits per heavy atom. The molecule has 0 bridgehead atoms. The average molecular weight is 353 g/mol. The molecule has 26 heavy (non-hydrogen) atoms. The van der Waals surface area contributed by atoms with Crippen LogP contribution in [0.4, 0.5) is 11.4 Å². The van der Waals surface area contributed by atoms with Crippen LogP contribution in [0.2, 0.25) is 0 Å². The van der Waals surface area contributed by atoms with Gasteiger partial charge in [-0.25, -0.2) is 0 Å². The van der Waals surface area contributed by atoms with Crippen LogP contribution >= 0.6 is 0 Å². The molecule has 0 saturated carbocycles. The van der Waals surface area contributed by atoms with E-state index in [-0.39, 0.29) is 11.8 Å². The van der Waals surface area contributed by atoms with Crippen molar-refractivity contribution in [3.05, 3.63) is 54.1 Å². The van der Waals surface area contributed by atoms with Gasteiger partial charge in [-0.05, 0) is 36.6 Å². The number of likely N-dealkylation sites (tertiary alicyclic amines) is 1. The van der Waals surface area contributed by atoms with Crippen molar-refractivity contribution in [3.63, 3.8) is 0 Å². The van der Waals surface area contributed by atoms with Gasteiger partial charge < -0.3 is 20.7 Å². The normalized spacial score (nSPS) is 16.3. The second-order valence-electron chi connectivity index (χ2n) is 6.35. The smallest absolute Gasteiger partial charge is 0.247 e. The Labute approximate surface area is 152 Å². The summed E-state index contributed by atoms with van der Waals surface area (Å²) in [6.45, 7) is 0.606. The number of hydrogen-bond acceptors (Lipinski definition) is 4. The number of methoxy groups -OCH3 is 1. The van der Waals surface area contributed by atoms with Crippen molar-refractivity contribution in [2.24, 2.45) is 0 Å². The zero-order valence-electron chi connectivity index (χ0n) is 14.8. The van der Waals surface area contributed by atoms with E-state index in [9.17, 15) is 9.59 Å². The molecule has 0 spiro atoms. The quantitative estimate of drug-likeness (QED) is 0.809.